The Morgan fingerprint density at radius 2 is 1.06 bits per heavy atom. The highest BCUT2D eigenvalue weighted by Crippen LogP contribution is 2.32. The summed E-state index contributed by atoms with van der Waals surface area (Å²) >= 11 is 0. The van der Waals surface area contributed by atoms with Crippen LogP contribution in [0, 0.1) is 11.8 Å². The summed E-state index contributed by atoms with van der Waals surface area (Å²) in [6.45, 7) is 14.8. The standard InChI is InChI=1S/C32H42O4/c1-31(2,3)25-15-17-27(35-29-11-7-9-19-33-29)23(21-25)13-14-24-22-26(32(4,5)6)16-18-28(24)36-30-12-8-10-20-34-30/h15-18,21-22,29-30H,7-12,19-20H2,1-6H3. The summed E-state index contributed by atoms with van der Waals surface area (Å²) in [4.78, 5) is 0. The molecule has 2 saturated heterocycles. The highest BCUT2D eigenvalue weighted by Gasteiger charge is 2.21. The third-order valence-corrected chi connectivity index (χ3v) is 6.82. The summed E-state index contributed by atoms with van der Waals surface area (Å²) in [5.41, 5.74) is 4.21. The Morgan fingerprint density at radius 1 is 0.639 bits per heavy atom. The molecular formula is C32H42O4. The Kier molecular flexibility index (Phi) is 8.33. The maximum Gasteiger partial charge on any atom is 0.199 e. The molecule has 0 bridgehead atoms. The van der Waals surface area contributed by atoms with Crippen molar-refractivity contribution in [3.8, 4) is 23.3 Å². The maximum atomic E-state index is 6.30. The summed E-state index contributed by atoms with van der Waals surface area (Å²) in [5.74, 6) is 8.41. The molecule has 2 aliphatic rings. The van der Waals surface area contributed by atoms with E-state index in [0.29, 0.717) is 0 Å². The van der Waals surface area contributed by atoms with Crippen LogP contribution in [0.3, 0.4) is 0 Å². The van der Waals surface area contributed by atoms with Gasteiger partial charge in [-0.2, -0.15) is 0 Å². The van der Waals surface area contributed by atoms with Gasteiger partial charge in [0, 0.05) is 12.8 Å². The molecule has 0 radical (unpaired) electrons. The van der Waals surface area contributed by atoms with E-state index in [4.69, 9.17) is 18.9 Å². The van der Waals surface area contributed by atoms with Crippen molar-refractivity contribution in [1.82, 2.24) is 0 Å². The van der Waals surface area contributed by atoms with Crippen LogP contribution >= 0.6 is 0 Å². The van der Waals surface area contributed by atoms with Crippen LogP contribution in [0.15, 0.2) is 36.4 Å². The van der Waals surface area contributed by atoms with Crippen molar-refractivity contribution in [1.29, 1.82) is 0 Å². The van der Waals surface area contributed by atoms with E-state index in [1.807, 2.05) is 12.1 Å². The number of rotatable bonds is 4. The van der Waals surface area contributed by atoms with Gasteiger partial charge in [-0.1, -0.05) is 65.5 Å². The van der Waals surface area contributed by atoms with E-state index in [2.05, 4.69) is 77.6 Å². The van der Waals surface area contributed by atoms with E-state index in [-0.39, 0.29) is 23.4 Å². The highest BCUT2D eigenvalue weighted by molar-refractivity contribution is 5.56. The molecule has 2 fully saturated rings. The molecule has 2 unspecified atom stereocenters. The van der Waals surface area contributed by atoms with Crippen molar-refractivity contribution in [3.63, 3.8) is 0 Å². The average molecular weight is 491 g/mol. The minimum atomic E-state index is -0.216. The number of ether oxygens (including phenoxy) is 4. The Hall–Kier alpha value is -2.48. The summed E-state index contributed by atoms with van der Waals surface area (Å²) < 4.78 is 24.3. The second-order valence-corrected chi connectivity index (χ2v) is 12.0. The van der Waals surface area contributed by atoms with Gasteiger partial charge in [0.25, 0.3) is 0 Å². The predicted molar refractivity (Wildman–Crippen MR) is 145 cm³/mol. The van der Waals surface area contributed by atoms with Crippen LogP contribution in [0.1, 0.15) is 102 Å². The highest BCUT2D eigenvalue weighted by atomic mass is 16.7. The van der Waals surface area contributed by atoms with Gasteiger partial charge in [-0.25, -0.2) is 0 Å². The van der Waals surface area contributed by atoms with Crippen LogP contribution in [-0.4, -0.2) is 25.8 Å². The molecule has 2 heterocycles. The summed E-state index contributed by atoms with van der Waals surface area (Å²) in [7, 11) is 0. The molecule has 4 heteroatoms. The zero-order valence-electron chi connectivity index (χ0n) is 22.9. The molecule has 0 amide bonds. The molecule has 0 aromatic heterocycles. The normalized spacial score (nSPS) is 20.8. The molecule has 0 spiro atoms. The number of hydrogen-bond acceptors (Lipinski definition) is 4. The van der Waals surface area contributed by atoms with Crippen molar-refractivity contribution in [2.45, 2.75) is 103 Å². The van der Waals surface area contributed by atoms with Crippen molar-refractivity contribution in [3.05, 3.63) is 58.7 Å². The Bertz CT molecular complexity index is 996. The Labute approximate surface area is 217 Å². The van der Waals surface area contributed by atoms with Crippen molar-refractivity contribution in [2.24, 2.45) is 0 Å². The third-order valence-electron chi connectivity index (χ3n) is 6.82. The molecule has 2 aromatic carbocycles. The maximum absolute atomic E-state index is 6.30. The van der Waals surface area contributed by atoms with Crippen molar-refractivity contribution in [2.75, 3.05) is 13.2 Å². The monoisotopic (exact) mass is 490 g/mol. The van der Waals surface area contributed by atoms with Crippen LogP contribution < -0.4 is 9.47 Å². The van der Waals surface area contributed by atoms with Gasteiger partial charge < -0.3 is 18.9 Å². The summed E-state index contributed by atoms with van der Waals surface area (Å²) in [6, 6.07) is 12.7. The fourth-order valence-electron chi connectivity index (χ4n) is 4.42. The molecule has 36 heavy (non-hydrogen) atoms. The smallest absolute Gasteiger partial charge is 0.199 e. The fourth-order valence-corrected chi connectivity index (χ4v) is 4.42. The van der Waals surface area contributed by atoms with Crippen molar-refractivity contribution < 1.29 is 18.9 Å². The first-order chi connectivity index (χ1) is 17.1. The quantitative estimate of drug-likeness (QED) is 0.416. The lowest BCUT2D eigenvalue weighted by atomic mass is 9.85. The van der Waals surface area contributed by atoms with E-state index in [1.165, 1.54) is 11.1 Å². The van der Waals surface area contributed by atoms with E-state index >= 15 is 0 Å². The van der Waals surface area contributed by atoms with E-state index in [1.54, 1.807) is 0 Å². The van der Waals surface area contributed by atoms with E-state index < -0.39 is 0 Å². The Morgan fingerprint density at radius 3 is 1.39 bits per heavy atom. The SMILES string of the molecule is CC(C)(C)c1ccc(OC2CCCCO2)c(C#Cc2cc(C(C)(C)C)ccc2OC2CCCCO2)c1. The molecular weight excluding hydrogens is 448 g/mol. The van der Waals surface area contributed by atoms with E-state index in [9.17, 15) is 0 Å². The largest absolute Gasteiger partial charge is 0.464 e. The molecule has 0 saturated carbocycles. The second-order valence-electron chi connectivity index (χ2n) is 12.0. The van der Waals surface area contributed by atoms with Crippen molar-refractivity contribution >= 4 is 0 Å². The molecule has 194 valence electrons. The molecule has 0 N–H and O–H groups in total. The minimum Gasteiger partial charge on any atom is -0.464 e. The fraction of sp³-hybridized carbons (Fsp3) is 0.562. The molecule has 2 aromatic rings. The third kappa shape index (κ3) is 7.05. The first-order valence-electron chi connectivity index (χ1n) is 13.5. The predicted octanol–water partition coefficient (Wildman–Crippen LogP) is 7.49. The van der Waals surface area contributed by atoms with Gasteiger partial charge >= 0.3 is 0 Å². The lowest BCUT2D eigenvalue weighted by Gasteiger charge is -2.26. The van der Waals surface area contributed by atoms with Crippen LogP contribution in [0.5, 0.6) is 11.5 Å². The van der Waals surface area contributed by atoms with Gasteiger partial charge in [0.2, 0.25) is 0 Å². The van der Waals surface area contributed by atoms with Crippen LogP contribution in [0.2, 0.25) is 0 Å². The van der Waals surface area contributed by atoms with Gasteiger partial charge in [0.1, 0.15) is 11.5 Å². The van der Waals surface area contributed by atoms with Crippen LogP contribution in [-0.2, 0) is 20.3 Å². The topological polar surface area (TPSA) is 36.9 Å². The average Bonchev–Trinajstić information content (AvgIpc) is 2.84. The summed E-state index contributed by atoms with van der Waals surface area (Å²) in [6.07, 6.45) is 5.80. The lowest BCUT2D eigenvalue weighted by Crippen LogP contribution is -2.25. The first-order valence-corrected chi connectivity index (χ1v) is 13.5. The van der Waals surface area contributed by atoms with Gasteiger partial charge in [0.05, 0.1) is 24.3 Å². The van der Waals surface area contributed by atoms with Gasteiger partial charge in [-0.15, -0.1) is 0 Å². The van der Waals surface area contributed by atoms with Gasteiger partial charge in [-0.3, -0.25) is 0 Å². The molecule has 0 aliphatic carbocycles. The van der Waals surface area contributed by atoms with Crippen LogP contribution in [0.4, 0.5) is 0 Å². The van der Waals surface area contributed by atoms with Gasteiger partial charge in [-0.05, 0) is 71.9 Å². The molecule has 4 nitrogen and oxygen atoms in total. The number of hydrogen-bond donors (Lipinski definition) is 0. The second kappa shape index (κ2) is 11.3. The van der Waals surface area contributed by atoms with E-state index in [0.717, 1.165) is 74.4 Å². The zero-order valence-corrected chi connectivity index (χ0v) is 22.9. The zero-order chi connectivity index (χ0) is 25.8. The lowest BCUT2D eigenvalue weighted by molar-refractivity contribution is -0.106. The van der Waals surface area contributed by atoms with Crippen LogP contribution in [0.25, 0.3) is 0 Å². The molecule has 4 rings (SSSR count). The minimum absolute atomic E-state index is 0.00897. The summed E-state index contributed by atoms with van der Waals surface area (Å²) in [5, 5.41) is 0. The number of benzene rings is 2. The van der Waals surface area contributed by atoms with Gasteiger partial charge in [0.15, 0.2) is 12.6 Å². The first kappa shape index (κ1) is 26.6. The molecule has 2 aliphatic heterocycles. The molecule has 2 atom stereocenters. The Balaban J connectivity index is 1.71.